The van der Waals surface area contributed by atoms with Crippen LogP contribution >= 0.6 is 23.1 Å². The van der Waals surface area contributed by atoms with Crippen molar-refractivity contribution in [2.24, 2.45) is 4.99 Å². The quantitative estimate of drug-likeness (QED) is 0.731. The number of rotatable bonds is 4. The molecule has 128 valence electrons. The molecule has 10 heteroatoms. The second-order valence-corrected chi connectivity index (χ2v) is 7.32. The van der Waals surface area contributed by atoms with Crippen molar-refractivity contribution in [3.05, 3.63) is 22.4 Å². The van der Waals surface area contributed by atoms with E-state index in [-0.39, 0.29) is 18.2 Å². The third kappa shape index (κ3) is 3.11. The summed E-state index contributed by atoms with van der Waals surface area (Å²) in [6, 6.07) is 2.96. The molecule has 0 bridgehead atoms. The zero-order chi connectivity index (χ0) is 17.3. The van der Waals surface area contributed by atoms with Gasteiger partial charge in [-0.15, -0.1) is 23.1 Å². The van der Waals surface area contributed by atoms with Gasteiger partial charge in [-0.3, -0.25) is 14.5 Å². The predicted octanol–water partition coefficient (Wildman–Crippen LogP) is 0.146. The Morgan fingerprint density at radius 2 is 2.33 bits per heavy atom. The standard InChI is InChI=1S/C14H15N3O5S2/c1-22-9-6-24-13-10(12(19)17(13)11(16-9)14(20)21)15-8(18)5-7-3-2-4-23-7/h2-4,10-11,13H,5-6H2,1H3,(H,15,18)(H,20,21)/t10?,11-,13?/m1/s1. The Labute approximate surface area is 145 Å². The van der Waals surface area contributed by atoms with E-state index in [1.807, 2.05) is 17.5 Å². The third-order valence-electron chi connectivity index (χ3n) is 3.68. The number of aliphatic imine (C=N–C) groups is 1. The molecule has 0 spiro atoms. The molecule has 2 unspecified atom stereocenters. The first-order valence-corrected chi connectivity index (χ1v) is 9.03. The minimum Gasteiger partial charge on any atom is -0.484 e. The lowest BCUT2D eigenvalue weighted by Crippen LogP contribution is -2.72. The lowest BCUT2D eigenvalue weighted by Gasteiger charge is -2.46. The topological polar surface area (TPSA) is 108 Å². The zero-order valence-electron chi connectivity index (χ0n) is 12.7. The number of fused-ring (bicyclic) bond motifs is 1. The summed E-state index contributed by atoms with van der Waals surface area (Å²) in [5.74, 6) is -1.33. The van der Waals surface area contributed by atoms with Crippen LogP contribution in [0.5, 0.6) is 0 Å². The van der Waals surface area contributed by atoms with Crippen molar-refractivity contribution in [1.82, 2.24) is 10.2 Å². The smallest absolute Gasteiger partial charge is 0.349 e. The SMILES string of the molecule is COC1=N[C@@H](C(=O)O)N2C(=O)C(NC(=O)Cc3cccs3)C2SC1. The number of ether oxygens (including phenoxy) is 1. The van der Waals surface area contributed by atoms with E-state index in [2.05, 4.69) is 10.3 Å². The van der Waals surface area contributed by atoms with Crippen molar-refractivity contribution in [1.29, 1.82) is 0 Å². The highest BCUT2D eigenvalue weighted by atomic mass is 32.2. The van der Waals surface area contributed by atoms with E-state index in [1.165, 1.54) is 35.1 Å². The number of β-lactam (4-membered cyclic amide) rings is 1. The Balaban J connectivity index is 1.69. The minimum absolute atomic E-state index is 0.195. The number of carbonyl (C=O) groups is 3. The van der Waals surface area contributed by atoms with Crippen molar-refractivity contribution >= 4 is 46.8 Å². The number of carboxylic acids is 1. The Morgan fingerprint density at radius 3 is 2.96 bits per heavy atom. The van der Waals surface area contributed by atoms with Crippen LogP contribution in [0.1, 0.15) is 4.88 Å². The summed E-state index contributed by atoms with van der Waals surface area (Å²) in [4.78, 5) is 41.9. The molecule has 1 saturated heterocycles. The van der Waals surface area contributed by atoms with Gasteiger partial charge in [-0.25, -0.2) is 9.79 Å². The van der Waals surface area contributed by atoms with Crippen molar-refractivity contribution in [3.63, 3.8) is 0 Å². The highest BCUT2D eigenvalue weighted by Crippen LogP contribution is 2.35. The number of hydrogen-bond donors (Lipinski definition) is 2. The fourth-order valence-electron chi connectivity index (χ4n) is 2.53. The van der Waals surface area contributed by atoms with Gasteiger partial charge in [0.1, 0.15) is 11.4 Å². The molecule has 24 heavy (non-hydrogen) atoms. The average Bonchev–Trinajstić information content (AvgIpc) is 2.98. The normalized spacial score (nSPS) is 25.9. The number of aliphatic carboxylic acids is 1. The van der Waals surface area contributed by atoms with Crippen LogP contribution in [0.15, 0.2) is 22.5 Å². The monoisotopic (exact) mass is 369 g/mol. The molecule has 2 aliphatic heterocycles. The average molecular weight is 369 g/mol. The van der Waals surface area contributed by atoms with Gasteiger partial charge in [0.05, 0.1) is 19.3 Å². The Hall–Kier alpha value is -2.07. The number of amides is 2. The molecule has 2 amide bonds. The Bertz CT molecular complexity index is 691. The summed E-state index contributed by atoms with van der Waals surface area (Å²) in [6.45, 7) is 0. The molecule has 3 atom stereocenters. The highest BCUT2D eigenvalue weighted by molar-refractivity contribution is 8.00. The fourth-order valence-corrected chi connectivity index (χ4v) is 4.50. The van der Waals surface area contributed by atoms with Crippen molar-refractivity contribution < 1.29 is 24.2 Å². The number of thiophene rings is 1. The second-order valence-electron chi connectivity index (χ2n) is 5.19. The van der Waals surface area contributed by atoms with E-state index in [9.17, 15) is 19.5 Å². The molecule has 2 N–H and O–H groups in total. The molecule has 1 aromatic rings. The molecule has 8 nitrogen and oxygen atoms in total. The van der Waals surface area contributed by atoms with Gasteiger partial charge in [-0.1, -0.05) is 6.07 Å². The van der Waals surface area contributed by atoms with Gasteiger partial charge in [0.2, 0.25) is 12.1 Å². The largest absolute Gasteiger partial charge is 0.484 e. The zero-order valence-corrected chi connectivity index (χ0v) is 14.3. The number of nitrogens with one attached hydrogen (secondary N) is 1. The summed E-state index contributed by atoms with van der Waals surface area (Å²) < 4.78 is 5.04. The van der Waals surface area contributed by atoms with Gasteiger partial charge >= 0.3 is 5.97 Å². The molecule has 3 rings (SSSR count). The Morgan fingerprint density at radius 1 is 1.54 bits per heavy atom. The maximum absolute atomic E-state index is 12.3. The molecule has 0 radical (unpaired) electrons. The van der Waals surface area contributed by atoms with Gasteiger partial charge in [0, 0.05) is 4.88 Å². The lowest BCUT2D eigenvalue weighted by molar-refractivity contribution is -0.161. The molecule has 0 saturated carbocycles. The number of carbonyl (C=O) groups excluding carboxylic acids is 2. The number of methoxy groups -OCH3 is 1. The predicted molar refractivity (Wildman–Crippen MR) is 88.9 cm³/mol. The van der Waals surface area contributed by atoms with Crippen LogP contribution in [-0.4, -0.2) is 64.1 Å². The number of carboxylic acid groups (broad SMARTS) is 1. The molecule has 2 aliphatic rings. The maximum atomic E-state index is 12.3. The van der Waals surface area contributed by atoms with Crippen molar-refractivity contribution in [2.75, 3.05) is 12.9 Å². The molecule has 0 aliphatic carbocycles. The van der Waals surface area contributed by atoms with Crippen LogP contribution in [-0.2, 0) is 25.5 Å². The summed E-state index contributed by atoms with van der Waals surface area (Å²) >= 11 is 2.79. The van der Waals surface area contributed by atoms with Crippen LogP contribution in [0.3, 0.4) is 0 Å². The summed E-state index contributed by atoms with van der Waals surface area (Å²) in [5, 5.41) is 13.4. The van der Waals surface area contributed by atoms with Gasteiger partial charge < -0.3 is 15.2 Å². The van der Waals surface area contributed by atoms with Gasteiger partial charge in [0.25, 0.3) is 5.91 Å². The minimum atomic E-state index is -1.32. The van der Waals surface area contributed by atoms with E-state index >= 15 is 0 Å². The third-order valence-corrected chi connectivity index (χ3v) is 5.81. The van der Waals surface area contributed by atoms with Crippen molar-refractivity contribution in [3.8, 4) is 0 Å². The molecule has 1 aromatic heterocycles. The van der Waals surface area contributed by atoms with Crippen molar-refractivity contribution in [2.45, 2.75) is 24.0 Å². The molecule has 0 aromatic carbocycles. The van der Waals surface area contributed by atoms with E-state index in [4.69, 9.17) is 4.74 Å². The maximum Gasteiger partial charge on any atom is 0.349 e. The number of nitrogens with zero attached hydrogens (tertiary/aromatic N) is 2. The van der Waals surface area contributed by atoms with E-state index < -0.39 is 29.5 Å². The molecule has 1 fully saturated rings. The van der Waals surface area contributed by atoms with E-state index in [1.54, 1.807) is 0 Å². The van der Waals surface area contributed by atoms with Crippen LogP contribution in [0.4, 0.5) is 0 Å². The van der Waals surface area contributed by atoms with Gasteiger partial charge in [-0.05, 0) is 11.4 Å². The fraction of sp³-hybridized carbons (Fsp3) is 0.429. The van der Waals surface area contributed by atoms with Crippen LogP contribution < -0.4 is 5.32 Å². The second kappa shape index (κ2) is 6.81. The number of thioether (sulfide) groups is 1. The van der Waals surface area contributed by atoms with Crippen LogP contribution in [0.25, 0.3) is 0 Å². The van der Waals surface area contributed by atoms with Crippen LogP contribution in [0.2, 0.25) is 0 Å². The highest BCUT2D eigenvalue weighted by Gasteiger charge is 2.54. The van der Waals surface area contributed by atoms with Gasteiger partial charge in [-0.2, -0.15) is 0 Å². The summed E-state index contributed by atoms with van der Waals surface area (Å²) in [7, 11) is 1.41. The van der Waals surface area contributed by atoms with E-state index in [0.717, 1.165) is 4.88 Å². The van der Waals surface area contributed by atoms with Crippen LogP contribution in [0, 0.1) is 0 Å². The first-order chi connectivity index (χ1) is 11.5. The molecule has 3 heterocycles. The number of hydrogen-bond acceptors (Lipinski definition) is 7. The first-order valence-electron chi connectivity index (χ1n) is 7.10. The lowest BCUT2D eigenvalue weighted by atomic mass is 10.1. The summed E-state index contributed by atoms with van der Waals surface area (Å²) in [5.41, 5.74) is 0. The first kappa shape index (κ1) is 16.8. The molecular formula is C14H15N3O5S2. The van der Waals surface area contributed by atoms with E-state index in [0.29, 0.717) is 5.75 Å². The summed E-state index contributed by atoms with van der Waals surface area (Å²) in [6.07, 6.45) is -1.13. The van der Waals surface area contributed by atoms with Gasteiger partial charge in [0.15, 0.2) is 5.90 Å². The Kier molecular flexibility index (Phi) is 4.76. The molecular weight excluding hydrogens is 354 g/mol.